The Kier molecular flexibility index (Phi) is 4.54. The molecule has 100 valence electrons. The quantitative estimate of drug-likeness (QED) is 0.871. The minimum atomic E-state index is -0.220. The maximum absolute atomic E-state index is 11.9. The predicted octanol–water partition coefficient (Wildman–Crippen LogP) is 2.45. The van der Waals surface area contributed by atoms with Gasteiger partial charge in [-0.25, -0.2) is 4.68 Å². The van der Waals surface area contributed by atoms with Crippen LogP contribution in [0.3, 0.4) is 0 Å². The van der Waals surface area contributed by atoms with Gasteiger partial charge in [-0.1, -0.05) is 12.1 Å². The van der Waals surface area contributed by atoms with Crippen LogP contribution in [0.4, 0.5) is 5.69 Å². The zero-order chi connectivity index (χ0) is 13.8. The Morgan fingerprint density at radius 1 is 1.42 bits per heavy atom. The highest BCUT2D eigenvalue weighted by atomic mass is 79.9. The average Bonchev–Trinajstić information content (AvgIpc) is 2.68. The van der Waals surface area contributed by atoms with E-state index >= 15 is 0 Å². The summed E-state index contributed by atoms with van der Waals surface area (Å²) >= 11 is 6.35. The number of halogens is 2. The molecule has 2 rings (SSSR count). The van der Waals surface area contributed by atoms with Crippen molar-refractivity contribution >= 4 is 43.5 Å². The van der Waals surface area contributed by atoms with Gasteiger partial charge in [-0.15, -0.1) is 5.10 Å². The Balaban J connectivity index is 2.07. The van der Waals surface area contributed by atoms with Crippen molar-refractivity contribution in [2.45, 2.75) is 6.54 Å². The number of amides is 1. The number of para-hydroxylation sites is 2. The number of hydrogen-bond donors (Lipinski definition) is 1. The fourth-order valence-corrected chi connectivity index (χ4v) is 2.44. The SMILES string of the molecule is COc1ccccc1NC(=O)Cn1nc(Br)nc1Br. The van der Waals surface area contributed by atoms with Crippen LogP contribution in [0.5, 0.6) is 5.75 Å². The van der Waals surface area contributed by atoms with E-state index in [1.54, 1.807) is 19.2 Å². The molecule has 0 saturated heterocycles. The Bertz CT molecular complexity index is 600. The van der Waals surface area contributed by atoms with E-state index in [0.29, 0.717) is 20.9 Å². The van der Waals surface area contributed by atoms with Crippen molar-refractivity contribution in [1.82, 2.24) is 14.8 Å². The number of carbonyl (C=O) groups is 1. The maximum Gasteiger partial charge on any atom is 0.246 e. The first-order valence-electron chi connectivity index (χ1n) is 5.29. The molecule has 6 nitrogen and oxygen atoms in total. The molecule has 0 aliphatic heterocycles. The molecule has 19 heavy (non-hydrogen) atoms. The second kappa shape index (κ2) is 6.16. The zero-order valence-electron chi connectivity index (χ0n) is 9.93. The van der Waals surface area contributed by atoms with Gasteiger partial charge >= 0.3 is 0 Å². The first kappa shape index (κ1) is 14.0. The van der Waals surface area contributed by atoms with Crippen molar-refractivity contribution in [2.75, 3.05) is 12.4 Å². The molecule has 1 amide bonds. The van der Waals surface area contributed by atoms with E-state index in [4.69, 9.17) is 4.74 Å². The molecule has 0 unspecified atom stereocenters. The number of benzene rings is 1. The molecule has 2 aromatic rings. The fraction of sp³-hybridized carbons (Fsp3) is 0.182. The first-order valence-corrected chi connectivity index (χ1v) is 6.87. The Morgan fingerprint density at radius 2 is 2.16 bits per heavy atom. The third kappa shape index (κ3) is 3.54. The van der Waals surface area contributed by atoms with Gasteiger partial charge in [-0.2, -0.15) is 4.98 Å². The van der Waals surface area contributed by atoms with E-state index in [1.165, 1.54) is 4.68 Å². The molecule has 1 aromatic heterocycles. The lowest BCUT2D eigenvalue weighted by Crippen LogP contribution is -2.20. The Labute approximate surface area is 126 Å². The second-order valence-electron chi connectivity index (χ2n) is 3.56. The summed E-state index contributed by atoms with van der Waals surface area (Å²) in [6.45, 7) is 0.0528. The summed E-state index contributed by atoms with van der Waals surface area (Å²) in [5, 5.41) is 6.78. The molecule has 1 aromatic carbocycles. The number of hydrogen-bond acceptors (Lipinski definition) is 4. The third-order valence-electron chi connectivity index (χ3n) is 2.28. The number of methoxy groups -OCH3 is 1. The minimum absolute atomic E-state index is 0.0528. The molecule has 0 aliphatic rings. The van der Waals surface area contributed by atoms with E-state index in [9.17, 15) is 4.79 Å². The van der Waals surface area contributed by atoms with E-state index in [-0.39, 0.29) is 12.5 Å². The summed E-state index contributed by atoms with van der Waals surface area (Å²) in [6.07, 6.45) is 0. The van der Waals surface area contributed by atoms with Gasteiger partial charge < -0.3 is 10.1 Å². The molecule has 0 aliphatic carbocycles. The summed E-state index contributed by atoms with van der Waals surface area (Å²) in [5.74, 6) is 0.386. The number of nitrogens with zero attached hydrogens (tertiary/aromatic N) is 3. The predicted molar refractivity (Wildman–Crippen MR) is 77.0 cm³/mol. The Morgan fingerprint density at radius 3 is 2.79 bits per heavy atom. The number of rotatable bonds is 4. The molecule has 8 heteroatoms. The number of carbonyl (C=O) groups excluding carboxylic acids is 1. The second-order valence-corrected chi connectivity index (χ2v) is 4.97. The molecule has 1 N–H and O–H groups in total. The molecule has 1 heterocycles. The lowest BCUT2D eigenvalue weighted by Gasteiger charge is -2.09. The van der Waals surface area contributed by atoms with Crippen LogP contribution in [-0.4, -0.2) is 27.8 Å². The van der Waals surface area contributed by atoms with Crippen LogP contribution in [0, 0.1) is 0 Å². The van der Waals surface area contributed by atoms with Crippen LogP contribution >= 0.6 is 31.9 Å². The van der Waals surface area contributed by atoms with Crippen molar-refractivity contribution in [3.63, 3.8) is 0 Å². The van der Waals surface area contributed by atoms with Gasteiger partial charge in [0.1, 0.15) is 12.3 Å². The highest BCUT2D eigenvalue weighted by molar-refractivity contribution is 9.11. The minimum Gasteiger partial charge on any atom is -0.495 e. The third-order valence-corrected chi connectivity index (χ3v) is 3.20. The van der Waals surface area contributed by atoms with E-state index in [2.05, 4.69) is 47.3 Å². The van der Waals surface area contributed by atoms with Crippen molar-refractivity contribution in [2.24, 2.45) is 0 Å². The normalized spacial score (nSPS) is 10.3. The molecular formula is C11H10Br2N4O2. The lowest BCUT2D eigenvalue weighted by atomic mass is 10.3. The standard InChI is InChI=1S/C11H10Br2N4O2/c1-19-8-5-3-2-4-7(8)14-9(18)6-17-11(13)15-10(12)16-17/h2-5H,6H2,1H3,(H,14,18). The molecule has 0 spiro atoms. The molecule has 0 atom stereocenters. The average molecular weight is 390 g/mol. The summed E-state index contributed by atoms with van der Waals surface area (Å²) in [5.41, 5.74) is 0.616. The topological polar surface area (TPSA) is 69.0 Å². The van der Waals surface area contributed by atoms with Crippen molar-refractivity contribution < 1.29 is 9.53 Å². The number of ether oxygens (including phenoxy) is 1. The maximum atomic E-state index is 11.9. The van der Waals surface area contributed by atoms with Crippen LogP contribution in [-0.2, 0) is 11.3 Å². The van der Waals surface area contributed by atoms with Gasteiger partial charge in [0, 0.05) is 0 Å². The van der Waals surface area contributed by atoms with Gasteiger partial charge in [0.2, 0.25) is 10.6 Å². The van der Waals surface area contributed by atoms with E-state index in [1.807, 2.05) is 12.1 Å². The van der Waals surface area contributed by atoms with Gasteiger partial charge in [-0.05, 0) is 44.0 Å². The van der Waals surface area contributed by atoms with Crippen molar-refractivity contribution in [3.05, 3.63) is 33.7 Å². The number of anilines is 1. The van der Waals surface area contributed by atoms with E-state index < -0.39 is 0 Å². The monoisotopic (exact) mass is 388 g/mol. The van der Waals surface area contributed by atoms with Gasteiger partial charge in [0.05, 0.1) is 12.8 Å². The molecule has 0 saturated carbocycles. The van der Waals surface area contributed by atoms with Gasteiger partial charge in [0.15, 0.2) is 4.73 Å². The van der Waals surface area contributed by atoms with Crippen LogP contribution in [0.15, 0.2) is 33.7 Å². The molecule has 0 radical (unpaired) electrons. The highest BCUT2D eigenvalue weighted by Crippen LogP contribution is 2.23. The molecular weight excluding hydrogens is 380 g/mol. The summed E-state index contributed by atoms with van der Waals surface area (Å²) in [7, 11) is 1.55. The summed E-state index contributed by atoms with van der Waals surface area (Å²) in [6, 6.07) is 7.19. The van der Waals surface area contributed by atoms with Gasteiger partial charge in [-0.3, -0.25) is 4.79 Å². The van der Waals surface area contributed by atoms with Crippen LogP contribution in [0.1, 0.15) is 0 Å². The van der Waals surface area contributed by atoms with Crippen LogP contribution < -0.4 is 10.1 Å². The Hall–Kier alpha value is -1.41. The fourth-order valence-electron chi connectivity index (χ4n) is 1.47. The van der Waals surface area contributed by atoms with Crippen LogP contribution in [0.25, 0.3) is 0 Å². The van der Waals surface area contributed by atoms with Crippen molar-refractivity contribution in [1.29, 1.82) is 0 Å². The first-order chi connectivity index (χ1) is 9.10. The molecule has 0 bridgehead atoms. The summed E-state index contributed by atoms with van der Waals surface area (Å²) < 4.78 is 7.50. The van der Waals surface area contributed by atoms with Gasteiger partial charge in [0.25, 0.3) is 0 Å². The zero-order valence-corrected chi connectivity index (χ0v) is 13.1. The van der Waals surface area contributed by atoms with E-state index in [0.717, 1.165) is 0 Å². The highest BCUT2D eigenvalue weighted by Gasteiger charge is 2.11. The lowest BCUT2D eigenvalue weighted by molar-refractivity contribution is -0.117. The van der Waals surface area contributed by atoms with Crippen LogP contribution in [0.2, 0.25) is 0 Å². The summed E-state index contributed by atoms with van der Waals surface area (Å²) in [4.78, 5) is 15.9. The largest absolute Gasteiger partial charge is 0.495 e. The van der Waals surface area contributed by atoms with Crippen molar-refractivity contribution in [3.8, 4) is 5.75 Å². The number of aromatic nitrogens is 3. The molecule has 0 fully saturated rings. The smallest absolute Gasteiger partial charge is 0.246 e. The number of nitrogens with one attached hydrogen (secondary N) is 1.